The molecule has 2 aliphatic rings. The second kappa shape index (κ2) is 8.02. The van der Waals surface area contributed by atoms with Gasteiger partial charge in [0.15, 0.2) is 0 Å². The van der Waals surface area contributed by atoms with Crippen LogP contribution in [0.3, 0.4) is 0 Å². The van der Waals surface area contributed by atoms with Crippen LogP contribution in [0.2, 0.25) is 0 Å². The monoisotopic (exact) mass is 354 g/mol. The molecule has 0 aromatic rings. The van der Waals surface area contributed by atoms with Crippen molar-refractivity contribution < 1.29 is 16.8 Å². The standard InChI is InChI=1S/C12H26N4O4S2/c17-21(18,15-9-3-1-4-10-15)13-7-8-14-22(19,20)16-11-5-2-6-12-16/h13-14H,1-12H2. The van der Waals surface area contributed by atoms with Crippen molar-refractivity contribution in [3.05, 3.63) is 0 Å². The molecule has 130 valence electrons. The van der Waals surface area contributed by atoms with Gasteiger partial charge in [-0.2, -0.15) is 25.4 Å². The van der Waals surface area contributed by atoms with E-state index in [4.69, 9.17) is 0 Å². The van der Waals surface area contributed by atoms with Crippen LogP contribution in [-0.2, 0) is 20.4 Å². The van der Waals surface area contributed by atoms with Crippen molar-refractivity contribution in [3.63, 3.8) is 0 Å². The minimum absolute atomic E-state index is 0.0614. The van der Waals surface area contributed by atoms with Gasteiger partial charge in [0, 0.05) is 39.3 Å². The lowest BCUT2D eigenvalue weighted by molar-refractivity contribution is 0.339. The van der Waals surface area contributed by atoms with E-state index in [0.717, 1.165) is 38.5 Å². The van der Waals surface area contributed by atoms with E-state index in [-0.39, 0.29) is 13.1 Å². The molecular weight excluding hydrogens is 328 g/mol. The molecule has 0 aromatic carbocycles. The van der Waals surface area contributed by atoms with Crippen LogP contribution in [0.1, 0.15) is 38.5 Å². The molecule has 0 spiro atoms. The predicted octanol–water partition coefficient (Wildman–Crippen LogP) is -0.373. The summed E-state index contributed by atoms with van der Waals surface area (Å²) in [5.41, 5.74) is 0. The zero-order valence-electron chi connectivity index (χ0n) is 12.8. The van der Waals surface area contributed by atoms with E-state index in [0.29, 0.717) is 26.2 Å². The lowest BCUT2D eigenvalue weighted by Gasteiger charge is -2.27. The molecule has 0 unspecified atom stereocenters. The Morgan fingerprint density at radius 1 is 0.591 bits per heavy atom. The average molecular weight is 354 g/mol. The van der Waals surface area contributed by atoms with Crippen LogP contribution < -0.4 is 9.44 Å². The highest BCUT2D eigenvalue weighted by atomic mass is 32.2. The molecule has 0 aliphatic carbocycles. The summed E-state index contributed by atoms with van der Waals surface area (Å²) < 4.78 is 55.9. The summed E-state index contributed by atoms with van der Waals surface area (Å²) >= 11 is 0. The molecule has 2 aliphatic heterocycles. The molecule has 0 amide bonds. The molecular formula is C12H26N4O4S2. The van der Waals surface area contributed by atoms with Crippen LogP contribution in [0, 0.1) is 0 Å². The van der Waals surface area contributed by atoms with Gasteiger partial charge in [0.1, 0.15) is 0 Å². The normalized spacial score (nSPS) is 22.7. The second-order valence-electron chi connectivity index (χ2n) is 5.72. The third-order valence-corrected chi connectivity index (χ3v) is 7.23. The Morgan fingerprint density at radius 2 is 0.909 bits per heavy atom. The number of hydrogen-bond donors (Lipinski definition) is 2. The smallest absolute Gasteiger partial charge is 0.201 e. The SMILES string of the molecule is O=S(=O)(NCCNS(=O)(=O)N1CCCCC1)N1CCCCC1. The molecule has 0 bridgehead atoms. The summed E-state index contributed by atoms with van der Waals surface area (Å²) in [4.78, 5) is 0. The van der Waals surface area contributed by atoms with Crippen molar-refractivity contribution in [2.24, 2.45) is 0 Å². The average Bonchev–Trinajstić information content (AvgIpc) is 2.53. The van der Waals surface area contributed by atoms with Gasteiger partial charge in [-0.3, -0.25) is 0 Å². The van der Waals surface area contributed by atoms with E-state index < -0.39 is 20.4 Å². The van der Waals surface area contributed by atoms with Crippen molar-refractivity contribution in [2.45, 2.75) is 38.5 Å². The molecule has 2 rings (SSSR count). The zero-order valence-corrected chi connectivity index (χ0v) is 14.5. The Morgan fingerprint density at radius 3 is 1.23 bits per heavy atom. The van der Waals surface area contributed by atoms with Crippen molar-refractivity contribution in [3.8, 4) is 0 Å². The second-order valence-corrected chi connectivity index (χ2v) is 9.23. The third kappa shape index (κ3) is 5.14. The van der Waals surface area contributed by atoms with Crippen LogP contribution >= 0.6 is 0 Å². The quantitative estimate of drug-likeness (QED) is 0.609. The number of rotatable bonds is 7. The van der Waals surface area contributed by atoms with E-state index in [2.05, 4.69) is 9.44 Å². The summed E-state index contributed by atoms with van der Waals surface area (Å²) in [7, 11) is -6.98. The minimum atomic E-state index is -3.49. The Balaban J connectivity index is 1.73. The van der Waals surface area contributed by atoms with Crippen molar-refractivity contribution in [1.82, 2.24) is 18.1 Å². The first-order valence-electron chi connectivity index (χ1n) is 7.91. The maximum Gasteiger partial charge on any atom is 0.279 e. The van der Waals surface area contributed by atoms with E-state index in [1.165, 1.54) is 8.61 Å². The van der Waals surface area contributed by atoms with Crippen LogP contribution in [-0.4, -0.2) is 64.7 Å². The molecule has 10 heteroatoms. The van der Waals surface area contributed by atoms with Crippen molar-refractivity contribution >= 4 is 20.4 Å². The molecule has 22 heavy (non-hydrogen) atoms. The lowest BCUT2D eigenvalue weighted by atomic mass is 10.2. The van der Waals surface area contributed by atoms with Gasteiger partial charge in [-0.15, -0.1) is 0 Å². The number of nitrogens with one attached hydrogen (secondary N) is 2. The van der Waals surface area contributed by atoms with Crippen LogP contribution in [0.15, 0.2) is 0 Å². The van der Waals surface area contributed by atoms with Gasteiger partial charge in [0.25, 0.3) is 20.4 Å². The van der Waals surface area contributed by atoms with Crippen LogP contribution in [0.5, 0.6) is 0 Å². The summed E-state index contributed by atoms with van der Waals surface area (Å²) in [5.74, 6) is 0. The van der Waals surface area contributed by atoms with E-state index in [1.54, 1.807) is 0 Å². The molecule has 0 saturated carbocycles. The summed E-state index contributed by atoms with van der Waals surface area (Å²) in [6, 6.07) is 0. The molecule has 8 nitrogen and oxygen atoms in total. The van der Waals surface area contributed by atoms with Crippen molar-refractivity contribution in [1.29, 1.82) is 0 Å². The number of hydrogen-bond acceptors (Lipinski definition) is 4. The van der Waals surface area contributed by atoms with Crippen LogP contribution in [0.4, 0.5) is 0 Å². The molecule has 2 saturated heterocycles. The topological polar surface area (TPSA) is 98.8 Å². The summed E-state index contributed by atoms with van der Waals surface area (Å²) in [5, 5.41) is 0. The third-order valence-electron chi connectivity index (χ3n) is 4.00. The summed E-state index contributed by atoms with van der Waals surface area (Å²) in [6.45, 7) is 2.27. The minimum Gasteiger partial charge on any atom is -0.201 e. The molecule has 2 fully saturated rings. The molecule has 0 atom stereocenters. The first-order chi connectivity index (χ1) is 10.4. The Kier molecular flexibility index (Phi) is 6.59. The Bertz CT molecular complexity index is 487. The molecule has 2 N–H and O–H groups in total. The zero-order chi connectivity index (χ0) is 16.1. The maximum atomic E-state index is 12.0. The fourth-order valence-electron chi connectivity index (χ4n) is 2.75. The van der Waals surface area contributed by atoms with Gasteiger partial charge in [-0.1, -0.05) is 12.8 Å². The largest absolute Gasteiger partial charge is 0.279 e. The van der Waals surface area contributed by atoms with Gasteiger partial charge in [0.05, 0.1) is 0 Å². The van der Waals surface area contributed by atoms with Gasteiger partial charge in [0.2, 0.25) is 0 Å². The van der Waals surface area contributed by atoms with E-state index in [1.807, 2.05) is 0 Å². The van der Waals surface area contributed by atoms with Gasteiger partial charge in [-0.25, -0.2) is 9.44 Å². The Labute approximate surface area is 133 Å². The first-order valence-corrected chi connectivity index (χ1v) is 10.8. The fraction of sp³-hybridized carbons (Fsp3) is 1.00. The number of piperidine rings is 2. The van der Waals surface area contributed by atoms with Crippen LogP contribution in [0.25, 0.3) is 0 Å². The maximum absolute atomic E-state index is 12.0. The fourth-order valence-corrected chi connectivity index (χ4v) is 5.32. The lowest BCUT2D eigenvalue weighted by Crippen LogP contribution is -2.48. The highest BCUT2D eigenvalue weighted by Crippen LogP contribution is 2.12. The van der Waals surface area contributed by atoms with E-state index >= 15 is 0 Å². The first kappa shape index (κ1) is 18.1. The molecule has 0 radical (unpaired) electrons. The van der Waals surface area contributed by atoms with Gasteiger partial charge >= 0.3 is 0 Å². The van der Waals surface area contributed by atoms with E-state index in [9.17, 15) is 16.8 Å². The predicted molar refractivity (Wildman–Crippen MR) is 84.7 cm³/mol. The molecule has 2 heterocycles. The Hall–Kier alpha value is -0.260. The highest BCUT2D eigenvalue weighted by molar-refractivity contribution is 7.87. The molecule has 0 aromatic heterocycles. The summed E-state index contributed by atoms with van der Waals surface area (Å²) in [6.07, 6.45) is 5.62. The highest BCUT2D eigenvalue weighted by Gasteiger charge is 2.25. The van der Waals surface area contributed by atoms with Crippen molar-refractivity contribution in [2.75, 3.05) is 39.3 Å². The van der Waals surface area contributed by atoms with Gasteiger partial charge in [-0.05, 0) is 25.7 Å². The number of nitrogens with zero attached hydrogens (tertiary/aromatic N) is 2. The van der Waals surface area contributed by atoms with Gasteiger partial charge < -0.3 is 0 Å².